The van der Waals surface area contributed by atoms with Crippen LogP contribution in [0.25, 0.3) is 0 Å². The maximum atomic E-state index is 12.0. The topological polar surface area (TPSA) is 58.6 Å². The molecule has 0 aromatic heterocycles. The lowest BCUT2D eigenvalue weighted by atomic mass is 10.1. The fraction of sp³-hybridized carbons (Fsp3) is 0.278. The van der Waals surface area contributed by atoms with Gasteiger partial charge in [0.1, 0.15) is 5.75 Å². The van der Waals surface area contributed by atoms with Gasteiger partial charge in [-0.05, 0) is 37.1 Å². The van der Waals surface area contributed by atoms with E-state index in [0.29, 0.717) is 5.75 Å². The largest absolute Gasteiger partial charge is 0.481 e. The van der Waals surface area contributed by atoms with Crippen LogP contribution in [0.4, 0.5) is 0 Å². The van der Waals surface area contributed by atoms with E-state index < -0.39 is 12.2 Å². The van der Waals surface area contributed by atoms with Crippen molar-refractivity contribution >= 4 is 5.91 Å². The molecule has 2 atom stereocenters. The number of benzene rings is 2. The fourth-order valence-corrected chi connectivity index (χ4v) is 2.08. The summed E-state index contributed by atoms with van der Waals surface area (Å²) in [4.78, 5) is 12.0. The number of aliphatic hydroxyl groups is 1. The minimum Gasteiger partial charge on any atom is -0.481 e. The van der Waals surface area contributed by atoms with E-state index >= 15 is 0 Å². The predicted octanol–water partition coefficient (Wildman–Crippen LogP) is 2.61. The van der Waals surface area contributed by atoms with Crippen molar-refractivity contribution in [2.24, 2.45) is 0 Å². The summed E-state index contributed by atoms with van der Waals surface area (Å²) in [6.45, 7) is 3.81. The van der Waals surface area contributed by atoms with Crippen molar-refractivity contribution in [3.63, 3.8) is 0 Å². The number of aryl methyl sites for hydroxylation is 1. The van der Waals surface area contributed by atoms with Gasteiger partial charge in [0.2, 0.25) is 0 Å². The van der Waals surface area contributed by atoms with E-state index in [-0.39, 0.29) is 12.5 Å². The summed E-state index contributed by atoms with van der Waals surface area (Å²) in [5.74, 6) is 0.405. The number of carbonyl (C=O) groups excluding carboxylic acids is 1. The molecular formula is C18H21NO3. The number of nitrogens with one attached hydrogen (secondary N) is 1. The molecule has 1 amide bonds. The van der Waals surface area contributed by atoms with Gasteiger partial charge >= 0.3 is 0 Å². The highest BCUT2D eigenvalue weighted by atomic mass is 16.5. The van der Waals surface area contributed by atoms with Gasteiger partial charge < -0.3 is 15.2 Å². The van der Waals surface area contributed by atoms with E-state index in [9.17, 15) is 9.90 Å². The maximum absolute atomic E-state index is 12.0. The van der Waals surface area contributed by atoms with E-state index in [0.717, 1.165) is 11.1 Å². The fourth-order valence-electron chi connectivity index (χ4n) is 2.08. The lowest BCUT2D eigenvalue weighted by Crippen LogP contribution is -2.38. The van der Waals surface area contributed by atoms with Gasteiger partial charge in [0.25, 0.3) is 5.91 Å². The molecule has 2 rings (SSSR count). The van der Waals surface area contributed by atoms with Crippen molar-refractivity contribution in [2.75, 3.05) is 6.54 Å². The Morgan fingerprint density at radius 1 is 1.18 bits per heavy atom. The number of rotatable bonds is 6. The summed E-state index contributed by atoms with van der Waals surface area (Å²) in [5, 5.41) is 12.7. The third-order valence-corrected chi connectivity index (χ3v) is 3.33. The molecular weight excluding hydrogens is 278 g/mol. The van der Waals surface area contributed by atoms with Crippen molar-refractivity contribution in [2.45, 2.75) is 26.1 Å². The Morgan fingerprint density at radius 3 is 2.59 bits per heavy atom. The normalized spacial score (nSPS) is 13.2. The van der Waals surface area contributed by atoms with Crippen molar-refractivity contribution in [3.8, 4) is 5.75 Å². The van der Waals surface area contributed by atoms with E-state index in [1.165, 1.54) is 0 Å². The lowest BCUT2D eigenvalue weighted by Gasteiger charge is -2.17. The highest BCUT2D eigenvalue weighted by Gasteiger charge is 2.16. The van der Waals surface area contributed by atoms with Crippen LogP contribution in [0.1, 0.15) is 24.2 Å². The summed E-state index contributed by atoms with van der Waals surface area (Å²) < 4.78 is 5.60. The summed E-state index contributed by atoms with van der Waals surface area (Å²) >= 11 is 0. The van der Waals surface area contributed by atoms with E-state index in [1.807, 2.05) is 61.5 Å². The van der Waals surface area contributed by atoms with E-state index in [1.54, 1.807) is 6.92 Å². The molecule has 0 saturated heterocycles. The zero-order valence-electron chi connectivity index (χ0n) is 12.8. The molecule has 0 bridgehead atoms. The Morgan fingerprint density at radius 2 is 1.91 bits per heavy atom. The van der Waals surface area contributed by atoms with Gasteiger partial charge in [-0.25, -0.2) is 0 Å². The van der Waals surface area contributed by atoms with Gasteiger partial charge in [0.15, 0.2) is 6.10 Å². The van der Waals surface area contributed by atoms with Gasteiger partial charge in [0.05, 0.1) is 6.10 Å². The Labute approximate surface area is 130 Å². The SMILES string of the molecule is Cc1cccc(O[C@@H](C)C(=O)NC[C@@H](O)c2ccccc2)c1. The van der Waals surface area contributed by atoms with E-state index in [2.05, 4.69) is 5.32 Å². The second-order valence-corrected chi connectivity index (χ2v) is 5.25. The number of aliphatic hydroxyl groups excluding tert-OH is 1. The number of amides is 1. The molecule has 0 unspecified atom stereocenters. The standard InChI is InChI=1S/C18H21NO3/c1-13-7-6-10-16(11-13)22-14(2)18(21)19-12-17(20)15-8-4-3-5-9-15/h3-11,14,17,20H,12H2,1-2H3,(H,19,21)/t14-,17+/m0/s1. The first kappa shape index (κ1) is 16.0. The first-order valence-corrected chi connectivity index (χ1v) is 7.30. The lowest BCUT2D eigenvalue weighted by molar-refractivity contribution is -0.127. The molecule has 2 aromatic carbocycles. The molecule has 0 aliphatic rings. The molecule has 0 aliphatic heterocycles. The molecule has 0 spiro atoms. The number of hydrogen-bond donors (Lipinski definition) is 2. The van der Waals surface area contributed by atoms with Crippen LogP contribution in [0.2, 0.25) is 0 Å². The minimum atomic E-state index is -0.726. The van der Waals surface area contributed by atoms with Gasteiger partial charge in [-0.1, -0.05) is 42.5 Å². The van der Waals surface area contributed by atoms with Crippen LogP contribution < -0.4 is 10.1 Å². The van der Waals surface area contributed by atoms with Crippen LogP contribution in [-0.2, 0) is 4.79 Å². The van der Waals surface area contributed by atoms with Crippen LogP contribution in [0, 0.1) is 6.92 Å². The van der Waals surface area contributed by atoms with Gasteiger partial charge in [0, 0.05) is 6.54 Å². The zero-order chi connectivity index (χ0) is 15.9. The van der Waals surface area contributed by atoms with Crippen molar-refractivity contribution in [1.29, 1.82) is 0 Å². The molecule has 0 fully saturated rings. The maximum Gasteiger partial charge on any atom is 0.260 e. The molecule has 4 heteroatoms. The van der Waals surface area contributed by atoms with Gasteiger partial charge in [-0.15, -0.1) is 0 Å². The number of hydrogen-bond acceptors (Lipinski definition) is 3. The molecule has 2 aromatic rings. The average molecular weight is 299 g/mol. The Hall–Kier alpha value is -2.33. The van der Waals surface area contributed by atoms with Crippen molar-refractivity contribution in [3.05, 3.63) is 65.7 Å². The Kier molecular flexibility index (Phi) is 5.55. The van der Waals surface area contributed by atoms with Crippen LogP contribution >= 0.6 is 0 Å². The second-order valence-electron chi connectivity index (χ2n) is 5.25. The average Bonchev–Trinajstić information content (AvgIpc) is 2.53. The summed E-state index contributed by atoms with van der Waals surface area (Å²) in [7, 11) is 0. The Bertz CT molecular complexity index is 613. The smallest absolute Gasteiger partial charge is 0.260 e. The molecule has 116 valence electrons. The first-order chi connectivity index (χ1) is 10.6. The summed E-state index contributed by atoms with van der Waals surface area (Å²) in [5.41, 5.74) is 1.85. The van der Waals surface area contributed by atoms with Crippen molar-refractivity contribution < 1.29 is 14.6 Å². The molecule has 4 nitrogen and oxygen atoms in total. The third-order valence-electron chi connectivity index (χ3n) is 3.33. The third kappa shape index (κ3) is 4.60. The molecule has 0 saturated carbocycles. The minimum absolute atomic E-state index is 0.157. The van der Waals surface area contributed by atoms with Gasteiger partial charge in [-0.2, -0.15) is 0 Å². The van der Waals surface area contributed by atoms with Gasteiger partial charge in [-0.3, -0.25) is 4.79 Å². The zero-order valence-corrected chi connectivity index (χ0v) is 12.8. The molecule has 22 heavy (non-hydrogen) atoms. The van der Waals surface area contributed by atoms with Crippen LogP contribution in [0.5, 0.6) is 5.75 Å². The van der Waals surface area contributed by atoms with E-state index in [4.69, 9.17) is 4.74 Å². The van der Waals surface area contributed by atoms with Crippen LogP contribution in [0.15, 0.2) is 54.6 Å². The van der Waals surface area contributed by atoms with Crippen LogP contribution in [0.3, 0.4) is 0 Å². The molecule has 0 radical (unpaired) electrons. The van der Waals surface area contributed by atoms with Crippen LogP contribution in [-0.4, -0.2) is 23.7 Å². The first-order valence-electron chi connectivity index (χ1n) is 7.30. The summed E-state index contributed by atoms with van der Waals surface area (Å²) in [6.07, 6.45) is -1.35. The molecule has 2 N–H and O–H groups in total. The Balaban J connectivity index is 1.84. The monoisotopic (exact) mass is 299 g/mol. The number of carbonyl (C=O) groups is 1. The molecule has 0 heterocycles. The highest BCUT2D eigenvalue weighted by molar-refractivity contribution is 5.80. The quantitative estimate of drug-likeness (QED) is 0.862. The predicted molar refractivity (Wildman–Crippen MR) is 85.7 cm³/mol. The second kappa shape index (κ2) is 7.61. The number of ether oxygens (including phenoxy) is 1. The van der Waals surface area contributed by atoms with Crippen molar-refractivity contribution in [1.82, 2.24) is 5.32 Å². The summed E-state index contributed by atoms with van der Waals surface area (Å²) in [6, 6.07) is 16.8. The molecule has 0 aliphatic carbocycles. The highest BCUT2D eigenvalue weighted by Crippen LogP contribution is 2.14.